The lowest BCUT2D eigenvalue weighted by Crippen LogP contribution is -2.30. The summed E-state index contributed by atoms with van der Waals surface area (Å²) in [6, 6.07) is 8.22. The fraction of sp³-hybridized carbons (Fsp3) is 0.647. The van der Waals surface area contributed by atoms with Crippen LogP contribution >= 0.6 is 0 Å². The van der Waals surface area contributed by atoms with Crippen molar-refractivity contribution in [2.75, 3.05) is 19.6 Å². The second-order valence-corrected chi connectivity index (χ2v) is 5.43. The van der Waals surface area contributed by atoms with Gasteiger partial charge in [0.25, 0.3) is 0 Å². The normalized spacial score (nSPS) is 12.9. The van der Waals surface area contributed by atoms with Gasteiger partial charge in [-0.2, -0.15) is 0 Å². The quantitative estimate of drug-likeness (QED) is 0.729. The number of unbranched alkanes of at least 4 members (excludes halogenated alkanes) is 2. The molecule has 2 heteroatoms. The van der Waals surface area contributed by atoms with Crippen LogP contribution in [0.15, 0.2) is 24.3 Å². The summed E-state index contributed by atoms with van der Waals surface area (Å²) in [5, 5.41) is 10.3. The summed E-state index contributed by atoms with van der Waals surface area (Å²) in [5.74, 6) is 0. The molecule has 0 saturated heterocycles. The molecule has 1 aromatic rings. The van der Waals surface area contributed by atoms with E-state index in [9.17, 15) is 5.11 Å². The van der Waals surface area contributed by atoms with Gasteiger partial charge in [-0.25, -0.2) is 0 Å². The van der Waals surface area contributed by atoms with E-state index in [0.717, 1.165) is 25.2 Å². The van der Waals surface area contributed by atoms with Gasteiger partial charge in [0.1, 0.15) is 0 Å². The summed E-state index contributed by atoms with van der Waals surface area (Å²) in [4.78, 5) is 2.40. The highest BCUT2D eigenvalue weighted by Crippen LogP contribution is 2.15. The summed E-state index contributed by atoms with van der Waals surface area (Å²) in [7, 11) is 0. The second kappa shape index (κ2) is 9.11. The van der Waals surface area contributed by atoms with Crippen molar-refractivity contribution < 1.29 is 5.11 Å². The molecule has 1 atom stereocenters. The molecule has 1 unspecified atom stereocenters. The molecule has 1 rings (SSSR count). The van der Waals surface area contributed by atoms with E-state index in [1.807, 2.05) is 12.1 Å². The predicted molar refractivity (Wildman–Crippen MR) is 82.4 cm³/mol. The fourth-order valence-corrected chi connectivity index (χ4v) is 2.20. The average Bonchev–Trinajstić information content (AvgIpc) is 2.42. The molecule has 19 heavy (non-hydrogen) atoms. The predicted octanol–water partition coefficient (Wildman–Crippen LogP) is 3.93. The first-order valence-corrected chi connectivity index (χ1v) is 7.64. The van der Waals surface area contributed by atoms with Crippen molar-refractivity contribution >= 4 is 0 Å². The Morgan fingerprint density at radius 2 is 1.53 bits per heavy atom. The molecule has 0 heterocycles. The van der Waals surface area contributed by atoms with Crippen LogP contribution in [0.4, 0.5) is 0 Å². The minimum absolute atomic E-state index is 0.366. The molecule has 0 saturated carbocycles. The van der Waals surface area contributed by atoms with Crippen molar-refractivity contribution in [2.24, 2.45) is 0 Å². The van der Waals surface area contributed by atoms with E-state index in [-0.39, 0.29) is 6.10 Å². The molecule has 0 aliphatic rings. The molecular formula is C17H29NO. The molecule has 0 aromatic heterocycles. The van der Waals surface area contributed by atoms with Crippen LogP contribution in [0.2, 0.25) is 0 Å². The number of aliphatic hydroxyl groups excluding tert-OH is 1. The number of aliphatic hydroxyl groups is 1. The minimum Gasteiger partial charge on any atom is -0.387 e. The summed E-state index contributed by atoms with van der Waals surface area (Å²) >= 11 is 0. The third-order valence-corrected chi connectivity index (χ3v) is 3.55. The van der Waals surface area contributed by atoms with Gasteiger partial charge < -0.3 is 10.0 Å². The SMILES string of the molecule is CCCCN(CCCC)CC(O)c1ccc(C)cc1. The number of hydrogen-bond acceptors (Lipinski definition) is 2. The first-order chi connectivity index (χ1) is 9.17. The van der Waals surface area contributed by atoms with Crippen LogP contribution in [-0.2, 0) is 0 Å². The van der Waals surface area contributed by atoms with Crippen molar-refractivity contribution in [1.82, 2.24) is 4.90 Å². The Hall–Kier alpha value is -0.860. The highest BCUT2D eigenvalue weighted by atomic mass is 16.3. The van der Waals surface area contributed by atoms with E-state index in [2.05, 4.69) is 37.8 Å². The van der Waals surface area contributed by atoms with Crippen molar-refractivity contribution in [3.05, 3.63) is 35.4 Å². The standard InChI is InChI=1S/C17H29NO/c1-4-6-12-18(13-7-5-2)14-17(19)16-10-8-15(3)9-11-16/h8-11,17,19H,4-7,12-14H2,1-3H3. The zero-order valence-electron chi connectivity index (χ0n) is 12.7. The van der Waals surface area contributed by atoms with Crippen LogP contribution in [0, 0.1) is 6.92 Å². The Morgan fingerprint density at radius 1 is 1.00 bits per heavy atom. The van der Waals surface area contributed by atoms with Crippen LogP contribution in [0.3, 0.4) is 0 Å². The van der Waals surface area contributed by atoms with Gasteiger partial charge in [-0.3, -0.25) is 0 Å². The van der Waals surface area contributed by atoms with Crippen molar-refractivity contribution in [3.8, 4) is 0 Å². The van der Waals surface area contributed by atoms with E-state index < -0.39 is 0 Å². The minimum atomic E-state index is -0.366. The molecule has 0 bridgehead atoms. The third-order valence-electron chi connectivity index (χ3n) is 3.55. The Bertz CT molecular complexity index is 326. The topological polar surface area (TPSA) is 23.5 Å². The van der Waals surface area contributed by atoms with Gasteiger partial charge in [-0.15, -0.1) is 0 Å². The molecule has 0 aliphatic heterocycles. The number of nitrogens with zero attached hydrogens (tertiary/aromatic N) is 1. The molecule has 108 valence electrons. The molecule has 1 N–H and O–H groups in total. The summed E-state index contributed by atoms with van der Waals surface area (Å²) in [5.41, 5.74) is 2.27. The van der Waals surface area contributed by atoms with Gasteiger partial charge in [-0.1, -0.05) is 56.5 Å². The first-order valence-electron chi connectivity index (χ1n) is 7.64. The van der Waals surface area contributed by atoms with E-state index in [1.54, 1.807) is 0 Å². The van der Waals surface area contributed by atoms with E-state index in [4.69, 9.17) is 0 Å². The lowest BCUT2D eigenvalue weighted by molar-refractivity contribution is 0.111. The number of hydrogen-bond donors (Lipinski definition) is 1. The van der Waals surface area contributed by atoms with Gasteiger partial charge in [0.05, 0.1) is 6.10 Å². The zero-order valence-corrected chi connectivity index (χ0v) is 12.7. The van der Waals surface area contributed by atoms with Gasteiger partial charge in [0.15, 0.2) is 0 Å². The summed E-state index contributed by atoms with van der Waals surface area (Å²) in [6.45, 7) is 9.45. The van der Waals surface area contributed by atoms with Crippen molar-refractivity contribution in [2.45, 2.75) is 52.6 Å². The van der Waals surface area contributed by atoms with E-state index in [1.165, 1.54) is 31.2 Å². The maximum Gasteiger partial charge on any atom is 0.0916 e. The molecule has 0 fully saturated rings. The smallest absolute Gasteiger partial charge is 0.0916 e. The van der Waals surface area contributed by atoms with Crippen LogP contribution in [0.25, 0.3) is 0 Å². The number of benzene rings is 1. The van der Waals surface area contributed by atoms with Crippen LogP contribution in [0.1, 0.15) is 56.8 Å². The molecule has 2 nitrogen and oxygen atoms in total. The van der Waals surface area contributed by atoms with Gasteiger partial charge in [0.2, 0.25) is 0 Å². The maximum absolute atomic E-state index is 10.3. The van der Waals surface area contributed by atoms with Crippen LogP contribution < -0.4 is 0 Å². The molecule has 0 amide bonds. The maximum atomic E-state index is 10.3. The molecule has 1 aromatic carbocycles. The number of rotatable bonds is 9. The summed E-state index contributed by atoms with van der Waals surface area (Å²) < 4.78 is 0. The summed E-state index contributed by atoms with van der Waals surface area (Å²) in [6.07, 6.45) is 4.48. The van der Waals surface area contributed by atoms with Gasteiger partial charge >= 0.3 is 0 Å². The Kier molecular flexibility index (Phi) is 7.76. The molecule has 0 aliphatic carbocycles. The highest BCUT2D eigenvalue weighted by Gasteiger charge is 2.12. The van der Waals surface area contributed by atoms with Gasteiger partial charge in [0, 0.05) is 6.54 Å². The largest absolute Gasteiger partial charge is 0.387 e. The van der Waals surface area contributed by atoms with Crippen LogP contribution in [-0.4, -0.2) is 29.6 Å². The lowest BCUT2D eigenvalue weighted by atomic mass is 10.1. The van der Waals surface area contributed by atoms with E-state index in [0.29, 0.717) is 0 Å². The van der Waals surface area contributed by atoms with Crippen molar-refractivity contribution in [3.63, 3.8) is 0 Å². The molecule has 0 radical (unpaired) electrons. The molecule has 0 spiro atoms. The monoisotopic (exact) mass is 263 g/mol. The molecular weight excluding hydrogens is 234 g/mol. The zero-order chi connectivity index (χ0) is 14.1. The fourth-order valence-electron chi connectivity index (χ4n) is 2.20. The van der Waals surface area contributed by atoms with E-state index >= 15 is 0 Å². The third kappa shape index (κ3) is 6.22. The Morgan fingerprint density at radius 3 is 2.00 bits per heavy atom. The highest BCUT2D eigenvalue weighted by molar-refractivity contribution is 5.23. The Balaban J connectivity index is 2.53. The Labute approximate surface area is 118 Å². The average molecular weight is 263 g/mol. The van der Waals surface area contributed by atoms with Crippen molar-refractivity contribution in [1.29, 1.82) is 0 Å². The van der Waals surface area contributed by atoms with Crippen LogP contribution in [0.5, 0.6) is 0 Å². The first kappa shape index (κ1) is 16.2. The second-order valence-electron chi connectivity index (χ2n) is 5.43. The van der Waals surface area contributed by atoms with Gasteiger partial charge in [-0.05, 0) is 38.4 Å². The lowest BCUT2D eigenvalue weighted by Gasteiger charge is -2.25. The number of aryl methyl sites for hydroxylation is 1.